The molecule has 0 saturated carbocycles. The van der Waals surface area contributed by atoms with E-state index in [0.717, 1.165) is 135 Å². The molecule has 13 aromatic rings. The average molecular weight is 1690 g/mol. The highest BCUT2D eigenvalue weighted by Gasteiger charge is 2.36. The van der Waals surface area contributed by atoms with Crippen molar-refractivity contribution >= 4 is 165 Å². The summed E-state index contributed by atoms with van der Waals surface area (Å²) in [5, 5.41) is 22.2. The summed E-state index contributed by atoms with van der Waals surface area (Å²) in [7, 11) is 0. The third kappa shape index (κ3) is 18.6. The zero-order valence-electron chi connectivity index (χ0n) is 72.4. The molecule has 4 aromatic carbocycles. The van der Waals surface area contributed by atoms with Gasteiger partial charge in [-0.1, -0.05) is 271 Å². The number of unbranched alkanes of at least 4 members (excludes halogenated alkanes) is 28. The third-order valence-corrected chi connectivity index (χ3v) is 32.8. The molecule has 0 fully saturated rings. The number of ketones is 1. The van der Waals surface area contributed by atoms with Crippen LogP contribution < -0.4 is 19.9 Å². The minimum absolute atomic E-state index is 0.173. The van der Waals surface area contributed by atoms with Crippen LogP contribution in [-0.2, 0) is 37.3 Å². The second-order valence-electron chi connectivity index (χ2n) is 34.1. The largest absolute Gasteiger partial charge is 0.871 e. The van der Waals surface area contributed by atoms with E-state index in [0.29, 0.717) is 13.2 Å². The number of nitrogens with zero attached hydrogens (tertiary/aromatic N) is 4. The number of rotatable bonds is 52. The molecule has 0 radical (unpaired) electrons. The van der Waals surface area contributed by atoms with Crippen molar-refractivity contribution in [1.82, 2.24) is 13.7 Å². The van der Waals surface area contributed by atoms with Crippen molar-refractivity contribution in [3.63, 3.8) is 0 Å². The van der Waals surface area contributed by atoms with Gasteiger partial charge in [-0.2, -0.15) is 4.58 Å². The van der Waals surface area contributed by atoms with Gasteiger partial charge in [-0.05, 0) is 141 Å². The predicted octanol–water partition coefficient (Wildman–Crippen LogP) is 32.0. The number of allylic oxidation sites excluding steroid dienone is 3. The molecule has 0 spiro atoms. The number of benzene rings is 4. The van der Waals surface area contributed by atoms with E-state index in [9.17, 15) is 0 Å². The summed E-state index contributed by atoms with van der Waals surface area (Å²) in [6.07, 6.45) is 49.6. The molecule has 15 rings (SSSR count). The van der Waals surface area contributed by atoms with Gasteiger partial charge in [0.25, 0.3) is 0 Å². The van der Waals surface area contributed by atoms with Crippen molar-refractivity contribution < 1.29 is 24.0 Å². The number of carbonyl (C=O) groups is 1. The number of hydrogen-bond acceptors (Lipinski definition) is 10. The molecule has 118 heavy (non-hydrogen) atoms. The van der Waals surface area contributed by atoms with Crippen LogP contribution in [-0.4, -0.2) is 49.5 Å². The van der Waals surface area contributed by atoms with Crippen molar-refractivity contribution in [1.29, 1.82) is 0 Å². The lowest BCUT2D eigenvalue weighted by molar-refractivity contribution is -0.436. The molecule has 0 unspecified atom stereocenters. The molecule has 0 N–H and O–H groups in total. The molecule has 10 heterocycles. The number of carbonyl (C=O) groups excluding carboxylic acids is 1. The maximum atomic E-state index is 15.4. The second kappa shape index (κ2) is 41.7. The van der Waals surface area contributed by atoms with E-state index in [1.807, 2.05) is 80.2 Å². The van der Waals surface area contributed by atoms with Crippen LogP contribution in [0, 0.1) is 0 Å². The van der Waals surface area contributed by atoms with Gasteiger partial charge >= 0.3 is 0 Å². The van der Waals surface area contributed by atoms with Crippen LogP contribution in [0.3, 0.4) is 0 Å². The maximum Gasteiger partial charge on any atom is 0.214 e. The van der Waals surface area contributed by atoms with Gasteiger partial charge in [0.1, 0.15) is 18.0 Å². The van der Waals surface area contributed by atoms with E-state index in [-0.39, 0.29) is 22.7 Å². The Balaban J connectivity index is 0.796. The van der Waals surface area contributed by atoms with Crippen molar-refractivity contribution in [2.24, 2.45) is 0 Å². The van der Waals surface area contributed by atoms with Gasteiger partial charge in [-0.25, -0.2) is 0 Å². The van der Waals surface area contributed by atoms with Gasteiger partial charge in [0.05, 0.1) is 84.5 Å². The van der Waals surface area contributed by atoms with Crippen LogP contribution in [0.15, 0.2) is 120 Å². The summed E-state index contributed by atoms with van der Waals surface area (Å²) in [6, 6.07) is 37.6. The van der Waals surface area contributed by atoms with Crippen LogP contribution in [0.4, 0.5) is 5.69 Å². The fourth-order valence-corrected chi connectivity index (χ4v) is 26.1. The Labute approximate surface area is 727 Å². The Morgan fingerprint density at radius 1 is 0.373 bits per heavy atom. The lowest BCUT2D eigenvalue weighted by Crippen LogP contribution is -2.32. The van der Waals surface area contributed by atoms with Gasteiger partial charge in [0, 0.05) is 96.1 Å². The molecule has 0 amide bonds. The molecule has 0 atom stereocenters. The Morgan fingerprint density at radius 2 is 0.797 bits per heavy atom. The third-order valence-electron chi connectivity index (χ3n) is 25.2. The van der Waals surface area contributed by atoms with Crippen LogP contribution >= 0.6 is 68.0 Å². The van der Waals surface area contributed by atoms with Crippen LogP contribution in [0.1, 0.15) is 302 Å². The molecule has 1 aliphatic heterocycles. The topological polar surface area (TPSA) is 76.4 Å². The molecule has 2 aliphatic rings. The zero-order valence-corrected chi connectivity index (χ0v) is 77.3. The van der Waals surface area contributed by atoms with Crippen molar-refractivity contribution in [2.75, 3.05) is 19.8 Å². The van der Waals surface area contributed by atoms with Crippen LogP contribution in [0.5, 0.6) is 11.5 Å². The molecular formula is C104H130N4O4S6. The van der Waals surface area contributed by atoms with E-state index in [2.05, 4.69) is 171 Å². The fourth-order valence-electron chi connectivity index (χ4n) is 18.6. The van der Waals surface area contributed by atoms with E-state index < -0.39 is 0 Å². The molecule has 14 heteroatoms. The molecule has 1 aliphatic carbocycles. The van der Waals surface area contributed by atoms with Crippen molar-refractivity contribution in [2.45, 2.75) is 319 Å². The van der Waals surface area contributed by atoms with Gasteiger partial charge in [0.15, 0.2) is 5.78 Å². The predicted molar refractivity (Wildman–Crippen MR) is 517 cm³/mol. The first-order chi connectivity index (χ1) is 58.1. The minimum Gasteiger partial charge on any atom is -0.871 e. The summed E-state index contributed by atoms with van der Waals surface area (Å²) in [5.74, 6) is 1.61. The van der Waals surface area contributed by atoms with Crippen LogP contribution in [0.2, 0.25) is 0 Å². The summed E-state index contributed by atoms with van der Waals surface area (Å²) < 4.78 is 29.9. The average Bonchev–Trinajstić information content (AvgIpc) is 1.57. The summed E-state index contributed by atoms with van der Waals surface area (Å²) >= 11 is 11.7. The van der Waals surface area contributed by atoms with Gasteiger partial charge in [0.2, 0.25) is 11.4 Å². The number of thiophene rings is 6. The van der Waals surface area contributed by atoms with Gasteiger partial charge < -0.3 is 28.3 Å². The number of aryl methyl sites for hydroxylation is 5. The monoisotopic (exact) mass is 1690 g/mol. The first-order valence-electron chi connectivity index (χ1n) is 46.7. The smallest absolute Gasteiger partial charge is 0.214 e. The Morgan fingerprint density at radius 3 is 1.31 bits per heavy atom. The molecular weight excluding hydrogens is 1560 g/mol. The zero-order chi connectivity index (χ0) is 81.4. The molecule has 0 saturated heterocycles. The SMILES string of the molecule is CCCCCCCCn1/c(=C/C2=C([O-])C(=C\C3=[N+](CCCCCCCC)c4ccc(-c5cc(OCCCCCC)c(-c6cc7c(s6)c6sc(CCCCCC)cc6n7CCCCCC)s5)c5cccc3c45)/C2=O)c2cccc3c(-c4cc(OCCCCCC)c(-c5cc6c(s5)c5sc(CCCCCC)cc5n6CCCCCC)s4)ccc1c32. The Hall–Kier alpha value is -7.04. The molecule has 0 bridgehead atoms. The minimum atomic E-state index is -0.173. The second-order valence-corrected chi connectivity index (χ2v) is 40.6. The van der Waals surface area contributed by atoms with Gasteiger partial charge in [-0.3, -0.25) is 4.79 Å². The fraction of sp³-hybridized carbons (Fsp3) is 0.500. The quantitative estimate of drug-likeness (QED) is 0.0216. The number of fused-ring (bicyclic) bond motifs is 6. The standard InChI is InChI=1S/C104H130N4O4S6/c1-9-17-25-33-35-41-57-105-81-55-53-73(91-69-89(111-61-43-31-23-15-7)103(115-91)93-67-87-101(117-93)99-85(107(87)59-39-29-21-13-5)63-71(113-99)47-37-27-19-11-3)75-49-45-51-77(95(75)81)83(105)65-79-97(109)80(98(79)110)66-84-78-52-46-50-76-74(54-56-82(96(76)78)106(84)58-42-36-34-26-18-10-2)92-70-90(112-62-44-32-24-16-8)104(116-92)94-68-88-102(118-94)100-86(108(88)60-40-30-22-14-6)64-72(114-100)48-38-28-20-12-4/h45-46,49-56,63-70H,9-44,47-48,57-62H2,1-8H3. The lowest BCUT2D eigenvalue weighted by Gasteiger charge is -2.28. The normalized spacial score (nSPS) is 13.8. The highest BCUT2D eigenvalue weighted by atomic mass is 32.1. The first-order valence-corrected chi connectivity index (χ1v) is 51.6. The van der Waals surface area contributed by atoms with Crippen LogP contribution in [0.25, 0.3) is 120 Å². The first kappa shape index (κ1) is 85.9. The summed E-state index contributed by atoms with van der Waals surface area (Å²) in [4.78, 5) is 25.8. The maximum absolute atomic E-state index is 15.4. The molecule has 8 nitrogen and oxygen atoms in total. The number of Topliss-reactive ketones (excluding diaryl/α,β-unsaturated/α-hetero) is 1. The number of aromatic nitrogens is 3. The van der Waals surface area contributed by atoms with Crippen molar-refractivity contribution in [3.8, 4) is 51.9 Å². The molecule has 626 valence electrons. The van der Waals surface area contributed by atoms with E-state index >= 15 is 9.90 Å². The summed E-state index contributed by atoms with van der Waals surface area (Å²) in [6.45, 7) is 23.4. The van der Waals surface area contributed by atoms with Gasteiger partial charge in [-0.15, -0.1) is 68.0 Å². The molecule has 9 aromatic heterocycles. The highest BCUT2D eigenvalue weighted by molar-refractivity contribution is 7.32. The van der Waals surface area contributed by atoms with E-state index in [1.165, 1.54) is 292 Å². The van der Waals surface area contributed by atoms with E-state index in [4.69, 9.17) is 9.47 Å². The van der Waals surface area contributed by atoms with Crippen molar-refractivity contribution in [3.05, 3.63) is 141 Å². The lowest BCUT2D eigenvalue weighted by atomic mass is 9.86. The number of ether oxygens (including phenoxy) is 2. The summed E-state index contributed by atoms with van der Waals surface area (Å²) in [5.41, 5.74) is 12.8. The Kier molecular flexibility index (Phi) is 30.4. The Bertz CT molecular complexity index is 5740. The van der Waals surface area contributed by atoms with E-state index in [1.54, 1.807) is 0 Å². The number of hydrogen-bond donors (Lipinski definition) is 0. The highest BCUT2D eigenvalue weighted by Crippen LogP contribution is 2.54.